The predicted molar refractivity (Wildman–Crippen MR) is 80.9 cm³/mol. The first-order valence-corrected chi connectivity index (χ1v) is 7.63. The average molecular weight is 261 g/mol. The van der Waals surface area contributed by atoms with E-state index < -0.39 is 0 Å². The molecule has 1 saturated carbocycles. The summed E-state index contributed by atoms with van der Waals surface area (Å²) in [5.74, 6) is 0.983. The zero-order valence-corrected chi connectivity index (χ0v) is 12.5. The summed E-state index contributed by atoms with van der Waals surface area (Å²) in [6.45, 7) is 8.30. The molecule has 0 atom stereocenters. The van der Waals surface area contributed by atoms with Crippen molar-refractivity contribution < 1.29 is 4.74 Å². The third-order valence-corrected chi connectivity index (χ3v) is 4.19. The number of hydrogen-bond donors (Lipinski definition) is 1. The van der Waals surface area contributed by atoms with Crippen LogP contribution in [0.4, 0.5) is 0 Å². The molecule has 1 fully saturated rings. The lowest BCUT2D eigenvalue weighted by atomic mass is 9.78. The molecular weight excluding hydrogens is 234 g/mol. The van der Waals surface area contributed by atoms with Gasteiger partial charge >= 0.3 is 0 Å². The van der Waals surface area contributed by atoms with Crippen LogP contribution in [0.15, 0.2) is 24.3 Å². The molecule has 0 aliphatic heterocycles. The second-order valence-corrected chi connectivity index (χ2v) is 5.98. The fraction of sp³-hybridized carbons (Fsp3) is 0.647. The average Bonchev–Trinajstić information content (AvgIpc) is 2.88. The van der Waals surface area contributed by atoms with Crippen molar-refractivity contribution >= 4 is 0 Å². The second kappa shape index (κ2) is 6.42. The van der Waals surface area contributed by atoms with Crippen molar-refractivity contribution in [2.45, 2.75) is 57.9 Å². The van der Waals surface area contributed by atoms with Gasteiger partial charge in [-0.05, 0) is 37.5 Å². The summed E-state index contributed by atoms with van der Waals surface area (Å²) in [6, 6.07) is 9.32. The van der Waals surface area contributed by atoms with E-state index in [2.05, 4.69) is 43.4 Å². The maximum absolute atomic E-state index is 5.54. The van der Waals surface area contributed by atoms with E-state index in [1.54, 1.807) is 0 Å². The van der Waals surface area contributed by atoms with E-state index >= 15 is 0 Å². The zero-order valence-electron chi connectivity index (χ0n) is 12.5. The number of nitrogens with one attached hydrogen (secondary N) is 1. The van der Waals surface area contributed by atoms with Gasteiger partial charge in [0, 0.05) is 18.0 Å². The number of ether oxygens (including phenoxy) is 1. The molecule has 1 aromatic rings. The lowest BCUT2D eigenvalue weighted by molar-refractivity contribution is 0.339. The third-order valence-electron chi connectivity index (χ3n) is 4.19. The topological polar surface area (TPSA) is 21.3 Å². The molecule has 2 rings (SSSR count). The largest absolute Gasteiger partial charge is 0.494 e. The number of hydrogen-bond acceptors (Lipinski definition) is 2. The first kappa shape index (κ1) is 14.4. The summed E-state index contributed by atoms with van der Waals surface area (Å²) < 4.78 is 5.54. The smallest absolute Gasteiger partial charge is 0.119 e. The minimum Gasteiger partial charge on any atom is -0.494 e. The van der Waals surface area contributed by atoms with Crippen molar-refractivity contribution in [1.29, 1.82) is 0 Å². The minimum absolute atomic E-state index is 0.342. The van der Waals surface area contributed by atoms with Gasteiger partial charge in [0.15, 0.2) is 0 Å². The van der Waals surface area contributed by atoms with E-state index in [0.29, 0.717) is 11.5 Å². The van der Waals surface area contributed by atoms with E-state index in [-0.39, 0.29) is 0 Å². The van der Waals surface area contributed by atoms with Crippen LogP contribution in [0.1, 0.15) is 52.0 Å². The Kier molecular flexibility index (Phi) is 4.87. The Balaban J connectivity index is 2.13. The molecule has 0 radical (unpaired) electrons. The van der Waals surface area contributed by atoms with Crippen LogP contribution >= 0.6 is 0 Å². The van der Waals surface area contributed by atoms with E-state index in [0.717, 1.165) is 18.9 Å². The third kappa shape index (κ3) is 3.50. The summed E-state index contributed by atoms with van der Waals surface area (Å²) in [5.41, 5.74) is 1.82. The van der Waals surface area contributed by atoms with Crippen LogP contribution in [0.25, 0.3) is 0 Å². The minimum atomic E-state index is 0.342. The van der Waals surface area contributed by atoms with Gasteiger partial charge in [0.25, 0.3) is 0 Å². The fourth-order valence-corrected chi connectivity index (χ4v) is 3.09. The van der Waals surface area contributed by atoms with E-state index in [9.17, 15) is 0 Å². The van der Waals surface area contributed by atoms with Crippen LogP contribution in [-0.4, -0.2) is 19.2 Å². The summed E-state index contributed by atoms with van der Waals surface area (Å²) in [4.78, 5) is 0. The Labute approximate surface area is 117 Å². The van der Waals surface area contributed by atoms with Gasteiger partial charge in [-0.3, -0.25) is 0 Å². The zero-order chi connectivity index (χ0) is 13.7. The summed E-state index contributed by atoms with van der Waals surface area (Å²) >= 11 is 0. The van der Waals surface area contributed by atoms with Crippen molar-refractivity contribution in [2.24, 2.45) is 0 Å². The lowest BCUT2D eigenvalue weighted by Crippen LogP contribution is -2.39. The summed E-state index contributed by atoms with van der Waals surface area (Å²) in [7, 11) is 0. The van der Waals surface area contributed by atoms with Crippen molar-refractivity contribution in [2.75, 3.05) is 13.2 Å². The molecule has 19 heavy (non-hydrogen) atoms. The Hall–Kier alpha value is -1.02. The molecule has 0 amide bonds. The Morgan fingerprint density at radius 1 is 1.16 bits per heavy atom. The van der Waals surface area contributed by atoms with Gasteiger partial charge in [0.05, 0.1) is 6.61 Å². The van der Waals surface area contributed by atoms with Gasteiger partial charge < -0.3 is 10.1 Å². The van der Waals surface area contributed by atoms with E-state index in [4.69, 9.17) is 4.74 Å². The standard InChI is InChI=1S/C17H27NO/c1-4-19-16-9-7-15(8-10-16)17(11-5-6-12-17)13-18-14(2)3/h7-10,14,18H,4-6,11-13H2,1-3H3. The molecule has 0 saturated heterocycles. The molecule has 1 N–H and O–H groups in total. The van der Waals surface area contributed by atoms with E-state index in [1.165, 1.54) is 31.2 Å². The maximum atomic E-state index is 5.54. The summed E-state index contributed by atoms with van der Waals surface area (Å²) in [5, 5.41) is 3.64. The molecule has 1 aromatic carbocycles. The molecule has 0 bridgehead atoms. The Morgan fingerprint density at radius 3 is 2.32 bits per heavy atom. The fourth-order valence-electron chi connectivity index (χ4n) is 3.09. The Morgan fingerprint density at radius 2 is 1.79 bits per heavy atom. The first-order chi connectivity index (χ1) is 9.16. The highest BCUT2D eigenvalue weighted by Crippen LogP contribution is 2.41. The highest BCUT2D eigenvalue weighted by molar-refractivity contribution is 5.33. The molecule has 0 aromatic heterocycles. The highest BCUT2D eigenvalue weighted by atomic mass is 16.5. The van der Waals surface area contributed by atoms with Crippen LogP contribution in [0.3, 0.4) is 0 Å². The van der Waals surface area contributed by atoms with Crippen molar-refractivity contribution in [3.8, 4) is 5.75 Å². The Bertz CT molecular complexity index is 377. The van der Waals surface area contributed by atoms with Crippen molar-refractivity contribution in [3.05, 3.63) is 29.8 Å². The van der Waals surface area contributed by atoms with Gasteiger partial charge in [-0.15, -0.1) is 0 Å². The molecule has 2 heteroatoms. The molecule has 0 spiro atoms. The van der Waals surface area contributed by atoms with Crippen LogP contribution in [0.5, 0.6) is 5.75 Å². The summed E-state index contributed by atoms with van der Waals surface area (Å²) in [6.07, 6.45) is 5.32. The second-order valence-electron chi connectivity index (χ2n) is 5.98. The molecule has 0 heterocycles. The monoisotopic (exact) mass is 261 g/mol. The molecule has 106 valence electrons. The SMILES string of the molecule is CCOc1ccc(C2(CNC(C)C)CCCC2)cc1. The van der Waals surface area contributed by atoms with Gasteiger partial charge in [-0.2, -0.15) is 0 Å². The van der Waals surface area contributed by atoms with Crippen LogP contribution in [0, 0.1) is 0 Å². The number of rotatable bonds is 6. The van der Waals surface area contributed by atoms with Gasteiger partial charge in [-0.1, -0.05) is 38.8 Å². The van der Waals surface area contributed by atoms with Crippen LogP contribution in [-0.2, 0) is 5.41 Å². The quantitative estimate of drug-likeness (QED) is 0.838. The normalized spacial score (nSPS) is 17.9. The van der Waals surface area contributed by atoms with E-state index in [1.807, 2.05) is 6.92 Å². The molecule has 0 unspecified atom stereocenters. The van der Waals surface area contributed by atoms with Gasteiger partial charge in [0.1, 0.15) is 5.75 Å². The van der Waals surface area contributed by atoms with Crippen LogP contribution in [0.2, 0.25) is 0 Å². The molecule has 1 aliphatic carbocycles. The van der Waals surface area contributed by atoms with Crippen molar-refractivity contribution in [3.63, 3.8) is 0 Å². The molecular formula is C17H27NO. The van der Waals surface area contributed by atoms with Crippen LogP contribution < -0.4 is 10.1 Å². The molecule has 2 nitrogen and oxygen atoms in total. The van der Waals surface area contributed by atoms with Crippen molar-refractivity contribution in [1.82, 2.24) is 5.32 Å². The van der Waals surface area contributed by atoms with Gasteiger partial charge in [-0.25, -0.2) is 0 Å². The van der Waals surface area contributed by atoms with Gasteiger partial charge in [0.2, 0.25) is 0 Å². The first-order valence-electron chi connectivity index (χ1n) is 7.63. The lowest BCUT2D eigenvalue weighted by Gasteiger charge is -2.31. The highest BCUT2D eigenvalue weighted by Gasteiger charge is 2.35. The molecule has 1 aliphatic rings. The number of benzene rings is 1. The predicted octanol–water partition coefficient (Wildman–Crippen LogP) is 3.90. The maximum Gasteiger partial charge on any atom is 0.119 e.